The lowest BCUT2D eigenvalue weighted by Crippen LogP contribution is -2.24. The van der Waals surface area contributed by atoms with Gasteiger partial charge in [0.25, 0.3) is 0 Å². The highest BCUT2D eigenvalue weighted by molar-refractivity contribution is 9.09. The van der Waals surface area contributed by atoms with Gasteiger partial charge in [-0.05, 0) is 12.5 Å². The van der Waals surface area contributed by atoms with Crippen molar-refractivity contribution in [2.75, 3.05) is 11.9 Å². The van der Waals surface area contributed by atoms with Gasteiger partial charge >= 0.3 is 0 Å². The molecule has 0 unspecified atom stereocenters. The van der Waals surface area contributed by atoms with Crippen molar-refractivity contribution in [3.05, 3.63) is 52.0 Å². The first-order valence-electron chi connectivity index (χ1n) is 6.01. The summed E-state index contributed by atoms with van der Waals surface area (Å²) in [5, 5.41) is 4.30. The van der Waals surface area contributed by atoms with Gasteiger partial charge < -0.3 is 0 Å². The lowest BCUT2D eigenvalue weighted by molar-refractivity contribution is 0.274. The summed E-state index contributed by atoms with van der Waals surface area (Å²) in [6.07, 6.45) is 0. The Morgan fingerprint density at radius 2 is 2.00 bits per heavy atom. The highest BCUT2D eigenvalue weighted by Crippen LogP contribution is 2.14. The van der Waals surface area contributed by atoms with Gasteiger partial charge in [0, 0.05) is 29.5 Å². The molecule has 0 atom stereocenters. The third-order valence-corrected chi connectivity index (χ3v) is 3.98. The van der Waals surface area contributed by atoms with Crippen LogP contribution in [0.5, 0.6) is 0 Å². The molecule has 4 heteroatoms. The van der Waals surface area contributed by atoms with Crippen molar-refractivity contribution < 1.29 is 0 Å². The summed E-state index contributed by atoms with van der Waals surface area (Å²) in [5.74, 6) is 0. The van der Waals surface area contributed by atoms with Gasteiger partial charge in [0.1, 0.15) is 5.01 Å². The van der Waals surface area contributed by atoms with E-state index in [2.05, 4.69) is 61.5 Å². The molecular formula is C14H17BrN2S. The van der Waals surface area contributed by atoms with E-state index in [0.29, 0.717) is 0 Å². The SMILES string of the molecule is Cc1csc(CN(CCBr)Cc2ccccc2)n1. The van der Waals surface area contributed by atoms with E-state index in [-0.39, 0.29) is 0 Å². The summed E-state index contributed by atoms with van der Waals surface area (Å²) in [4.78, 5) is 6.95. The van der Waals surface area contributed by atoms with Gasteiger partial charge in [-0.2, -0.15) is 0 Å². The molecule has 1 aromatic heterocycles. The Kier molecular flexibility index (Phi) is 5.35. The number of hydrogen-bond acceptors (Lipinski definition) is 3. The molecule has 0 saturated heterocycles. The van der Waals surface area contributed by atoms with Crippen LogP contribution in [0.2, 0.25) is 0 Å². The number of rotatable bonds is 6. The first-order chi connectivity index (χ1) is 8.78. The summed E-state index contributed by atoms with van der Waals surface area (Å²) in [6.45, 7) is 4.99. The molecule has 1 aromatic carbocycles. The first-order valence-corrected chi connectivity index (χ1v) is 8.01. The van der Waals surface area contributed by atoms with E-state index in [1.165, 1.54) is 10.6 Å². The number of alkyl halides is 1. The van der Waals surface area contributed by atoms with Gasteiger partial charge in [0.05, 0.1) is 6.54 Å². The maximum atomic E-state index is 4.54. The van der Waals surface area contributed by atoms with Crippen LogP contribution in [-0.2, 0) is 13.1 Å². The summed E-state index contributed by atoms with van der Waals surface area (Å²) >= 11 is 5.27. The summed E-state index contributed by atoms with van der Waals surface area (Å²) in [5.41, 5.74) is 2.47. The fourth-order valence-corrected chi connectivity index (χ4v) is 3.16. The van der Waals surface area contributed by atoms with Crippen LogP contribution in [0.1, 0.15) is 16.3 Å². The quantitative estimate of drug-likeness (QED) is 0.750. The fraction of sp³-hybridized carbons (Fsp3) is 0.357. The minimum Gasteiger partial charge on any atom is -0.292 e. The van der Waals surface area contributed by atoms with Crippen molar-refractivity contribution in [1.29, 1.82) is 0 Å². The average Bonchev–Trinajstić information content (AvgIpc) is 2.76. The zero-order valence-corrected chi connectivity index (χ0v) is 12.9. The van der Waals surface area contributed by atoms with Crippen LogP contribution < -0.4 is 0 Å². The van der Waals surface area contributed by atoms with Gasteiger partial charge in [-0.15, -0.1) is 11.3 Å². The van der Waals surface area contributed by atoms with Crippen molar-refractivity contribution >= 4 is 27.3 Å². The van der Waals surface area contributed by atoms with E-state index >= 15 is 0 Å². The van der Waals surface area contributed by atoms with Crippen molar-refractivity contribution in [2.45, 2.75) is 20.0 Å². The van der Waals surface area contributed by atoms with Crippen LogP contribution in [0.25, 0.3) is 0 Å². The molecule has 0 spiro atoms. The van der Waals surface area contributed by atoms with Crippen molar-refractivity contribution in [1.82, 2.24) is 9.88 Å². The molecule has 2 nitrogen and oxygen atoms in total. The van der Waals surface area contributed by atoms with Gasteiger partial charge in [-0.25, -0.2) is 4.98 Å². The molecule has 0 aliphatic carbocycles. The minimum atomic E-state index is 0.930. The Morgan fingerprint density at radius 1 is 1.22 bits per heavy atom. The molecule has 18 heavy (non-hydrogen) atoms. The lowest BCUT2D eigenvalue weighted by Gasteiger charge is -2.20. The van der Waals surface area contributed by atoms with Gasteiger partial charge in [0.2, 0.25) is 0 Å². The third kappa shape index (κ3) is 4.19. The molecule has 0 radical (unpaired) electrons. The predicted octanol–water partition coefficient (Wildman–Crippen LogP) is 3.85. The molecule has 0 saturated carbocycles. The maximum Gasteiger partial charge on any atom is 0.107 e. The largest absolute Gasteiger partial charge is 0.292 e. The molecule has 0 aliphatic heterocycles. The summed E-state index contributed by atoms with van der Waals surface area (Å²) in [6, 6.07) is 10.6. The lowest BCUT2D eigenvalue weighted by atomic mass is 10.2. The van der Waals surface area contributed by atoms with Crippen molar-refractivity contribution in [2.24, 2.45) is 0 Å². The fourth-order valence-electron chi connectivity index (χ4n) is 1.84. The second-order valence-electron chi connectivity index (χ2n) is 4.27. The highest BCUT2D eigenvalue weighted by atomic mass is 79.9. The Morgan fingerprint density at radius 3 is 2.61 bits per heavy atom. The molecule has 2 rings (SSSR count). The molecule has 0 N–H and O–H groups in total. The second-order valence-corrected chi connectivity index (χ2v) is 6.00. The van der Waals surface area contributed by atoms with Crippen LogP contribution in [0.3, 0.4) is 0 Å². The number of aryl methyl sites for hydroxylation is 1. The molecule has 0 aliphatic rings. The molecule has 0 fully saturated rings. The monoisotopic (exact) mass is 324 g/mol. The van der Waals surface area contributed by atoms with Crippen LogP contribution >= 0.6 is 27.3 Å². The predicted molar refractivity (Wildman–Crippen MR) is 81.2 cm³/mol. The molecule has 96 valence electrons. The molecule has 1 heterocycles. The zero-order valence-electron chi connectivity index (χ0n) is 10.5. The highest BCUT2D eigenvalue weighted by Gasteiger charge is 2.08. The Hall–Kier alpha value is -0.710. The van der Waals surface area contributed by atoms with E-state index in [4.69, 9.17) is 0 Å². The molecular weight excluding hydrogens is 308 g/mol. The summed E-state index contributed by atoms with van der Waals surface area (Å²) < 4.78 is 0. The van der Waals surface area contributed by atoms with E-state index in [0.717, 1.165) is 30.7 Å². The Labute approximate surface area is 121 Å². The normalized spacial score (nSPS) is 11.1. The van der Waals surface area contributed by atoms with Crippen LogP contribution in [0, 0.1) is 6.92 Å². The van der Waals surface area contributed by atoms with E-state index in [1.807, 2.05) is 6.92 Å². The van der Waals surface area contributed by atoms with Gasteiger partial charge in [-0.3, -0.25) is 4.90 Å². The maximum absolute atomic E-state index is 4.54. The molecule has 2 aromatic rings. The standard InChI is InChI=1S/C14H17BrN2S/c1-12-11-18-14(16-12)10-17(8-7-15)9-13-5-3-2-4-6-13/h2-6,11H,7-10H2,1H3. The number of thiazole rings is 1. The average molecular weight is 325 g/mol. The third-order valence-electron chi connectivity index (χ3n) is 2.68. The van der Waals surface area contributed by atoms with E-state index < -0.39 is 0 Å². The summed E-state index contributed by atoms with van der Waals surface area (Å²) in [7, 11) is 0. The van der Waals surface area contributed by atoms with Crippen LogP contribution in [0.4, 0.5) is 0 Å². The number of hydrogen-bond donors (Lipinski definition) is 0. The Bertz CT molecular complexity index is 470. The van der Waals surface area contributed by atoms with Crippen molar-refractivity contribution in [3.8, 4) is 0 Å². The number of halogens is 1. The number of aromatic nitrogens is 1. The number of nitrogens with zero attached hydrogens (tertiary/aromatic N) is 2. The smallest absolute Gasteiger partial charge is 0.107 e. The second kappa shape index (κ2) is 7.02. The van der Waals surface area contributed by atoms with Crippen LogP contribution in [-0.4, -0.2) is 21.8 Å². The number of benzene rings is 1. The van der Waals surface area contributed by atoms with E-state index in [1.54, 1.807) is 11.3 Å². The Balaban J connectivity index is 1.99. The van der Waals surface area contributed by atoms with Crippen LogP contribution in [0.15, 0.2) is 35.7 Å². The van der Waals surface area contributed by atoms with Gasteiger partial charge in [-0.1, -0.05) is 46.3 Å². The van der Waals surface area contributed by atoms with E-state index in [9.17, 15) is 0 Å². The topological polar surface area (TPSA) is 16.1 Å². The zero-order chi connectivity index (χ0) is 12.8. The molecule has 0 amide bonds. The van der Waals surface area contributed by atoms with Crippen molar-refractivity contribution in [3.63, 3.8) is 0 Å². The molecule has 0 bridgehead atoms. The first kappa shape index (κ1) is 13.7. The van der Waals surface area contributed by atoms with Gasteiger partial charge in [0.15, 0.2) is 0 Å². The minimum absolute atomic E-state index is 0.930.